The Labute approximate surface area is 72.5 Å². The maximum absolute atomic E-state index is 5.20. The van der Waals surface area contributed by atoms with Crippen LogP contribution in [0.25, 0.3) is 0 Å². The monoisotopic (exact) mass is 170 g/mol. The summed E-state index contributed by atoms with van der Waals surface area (Å²) in [5.74, 6) is 1.65. The quantitative estimate of drug-likeness (QED) is 0.630. The molecule has 1 atom stereocenters. The highest BCUT2D eigenvalue weighted by Gasteiger charge is 2.14. The highest BCUT2D eigenvalue weighted by atomic mass is 32.2. The van der Waals surface area contributed by atoms with E-state index in [0.717, 1.165) is 12.2 Å². The van der Waals surface area contributed by atoms with E-state index in [0.29, 0.717) is 5.92 Å². The van der Waals surface area contributed by atoms with Crippen molar-refractivity contribution in [1.29, 1.82) is 0 Å². The van der Waals surface area contributed by atoms with Crippen molar-refractivity contribution in [2.75, 3.05) is 13.4 Å². The van der Waals surface area contributed by atoms with Crippen LogP contribution in [0.15, 0.2) is 22.8 Å². The van der Waals surface area contributed by atoms with Gasteiger partial charge in [-0.15, -0.1) is 11.8 Å². The third-order valence-electron chi connectivity index (χ3n) is 1.92. The Bertz CT molecular complexity index is 194. The lowest BCUT2D eigenvalue weighted by atomic mass is 10.0. The molecule has 62 valence electrons. The van der Waals surface area contributed by atoms with Crippen molar-refractivity contribution in [3.63, 3.8) is 0 Å². The first-order valence-corrected chi connectivity index (χ1v) is 4.99. The first-order valence-electron chi connectivity index (χ1n) is 3.76. The standard InChI is InChI=1S/C9H14OS/c1-7-6-8(11-3)4-5-9(7)10-2/h4-5,7H,6H2,1-3H3. The van der Waals surface area contributed by atoms with Crippen LogP contribution in [0, 0.1) is 5.92 Å². The second-order valence-electron chi connectivity index (χ2n) is 2.72. The van der Waals surface area contributed by atoms with Crippen LogP contribution >= 0.6 is 11.8 Å². The summed E-state index contributed by atoms with van der Waals surface area (Å²) in [6.07, 6.45) is 7.45. The Morgan fingerprint density at radius 3 is 2.73 bits per heavy atom. The average molecular weight is 170 g/mol. The van der Waals surface area contributed by atoms with Crippen LogP contribution in [0.3, 0.4) is 0 Å². The Hall–Kier alpha value is -0.370. The van der Waals surface area contributed by atoms with Gasteiger partial charge in [0.25, 0.3) is 0 Å². The molecule has 0 aromatic carbocycles. The molecule has 0 N–H and O–H groups in total. The predicted octanol–water partition coefficient (Wildman–Crippen LogP) is 2.80. The Balaban J connectivity index is 2.69. The molecule has 0 aliphatic heterocycles. The summed E-state index contributed by atoms with van der Waals surface area (Å²) in [7, 11) is 1.74. The van der Waals surface area contributed by atoms with Crippen molar-refractivity contribution in [2.45, 2.75) is 13.3 Å². The van der Waals surface area contributed by atoms with Crippen LogP contribution in [-0.4, -0.2) is 13.4 Å². The first-order chi connectivity index (χ1) is 5.27. The van der Waals surface area contributed by atoms with Gasteiger partial charge in [0.15, 0.2) is 0 Å². The van der Waals surface area contributed by atoms with Crippen LogP contribution in [0.4, 0.5) is 0 Å². The summed E-state index contributed by atoms with van der Waals surface area (Å²) < 4.78 is 5.20. The molecule has 1 aliphatic rings. The van der Waals surface area contributed by atoms with Gasteiger partial charge in [0.2, 0.25) is 0 Å². The number of hydrogen-bond donors (Lipinski definition) is 0. The van der Waals surface area contributed by atoms with Gasteiger partial charge in [0.1, 0.15) is 0 Å². The summed E-state index contributed by atoms with van der Waals surface area (Å²) in [4.78, 5) is 1.44. The van der Waals surface area contributed by atoms with E-state index in [1.165, 1.54) is 4.91 Å². The van der Waals surface area contributed by atoms with Gasteiger partial charge in [0, 0.05) is 5.92 Å². The molecule has 0 spiro atoms. The average Bonchev–Trinajstić information content (AvgIpc) is 2.04. The van der Waals surface area contributed by atoms with Gasteiger partial charge in [-0.25, -0.2) is 0 Å². The lowest BCUT2D eigenvalue weighted by Crippen LogP contribution is -2.05. The Morgan fingerprint density at radius 2 is 2.27 bits per heavy atom. The number of methoxy groups -OCH3 is 1. The highest BCUT2D eigenvalue weighted by molar-refractivity contribution is 8.02. The third-order valence-corrected chi connectivity index (χ3v) is 2.75. The van der Waals surface area contributed by atoms with Crippen LogP contribution < -0.4 is 0 Å². The number of rotatable bonds is 2. The molecule has 2 heteroatoms. The fraction of sp³-hybridized carbons (Fsp3) is 0.556. The lowest BCUT2D eigenvalue weighted by Gasteiger charge is -2.19. The highest BCUT2D eigenvalue weighted by Crippen LogP contribution is 2.30. The fourth-order valence-electron chi connectivity index (χ4n) is 1.23. The van der Waals surface area contributed by atoms with Gasteiger partial charge in [-0.05, 0) is 29.7 Å². The van der Waals surface area contributed by atoms with E-state index in [2.05, 4.69) is 25.3 Å². The number of allylic oxidation sites excluding steroid dienone is 4. The second kappa shape index (κ2) is 3.86. The molecule has 0 aromatic rings. The summed E-state index contributed by atoms with van der Waals surface area (Å²) in [5, 5.41) is 0. The van der Waals surface area contributed by atoms with Crippen LogP contribution in [0.5, 0.6) is 0 Å². The third kappa shape index (κ3) is 2.03. The SMILES string of the molecule is COC1=CC=C(SC)CC1C. The van der Waals surface area contributed by atoms with E-state index in [-0.39, 0.29) is 0 Å². The molecule has 11 heavy (non-hydrogen) atoms. The van der Waals surface area contributed by atoms with E-state index in [4.69, 9.17) is 4.74 Å². The summed E-state index contributed by atoms with van der Waals surface area (Å²) >= 11 is 1.82. The van der Waals surface area contributed by atoms with E-state index in [9.17, 15) is 0 Å². The van der Waals surface area contributed by atoms with Gasteiger partial charge >= 0.3 is 0 Å². The lowest BCUT2D eigenvalue weighted by molar-refractivity contribution is 0.246. The van der Waals surface area contributed by atoms with E-state index in [1.54, 1.807) is 7.11 Å². The number of hydrogen-bond acceptors (Lipinski definition) is 2. The van der Waals surface area contributed by atoms with Crippen molar-refractivity contribution in [1.82, 2.24) is 0 Å². The molecular weight excluding hydrogens is 156 g/mol. The molecule has 0 radical (unpaired) electrons. The minimum atomic E-state index is 0.549. The first kappa shape index (κ1) is 8.72. The maximum atomic E-state index is 5.20. The minimum Gasteiger partial charge on any atom is -0.501 e. The summed E-state index contributed by atoms with van der Waals surface area (Å²) in [6, 6.07) is 0. The summed E-state index contributed by atoms with van der Waals surface area (Å²) in [5.41, 5.74) is 0. The fourth-order valence-corrected chi connectivity index (χ4v) is 1.85. The molecule has 0 heterocycles. The summed E-state index contributed by atoms with van der Waals surface area (Å²) in [6.45, 7) is 2.19. The molecular formula is C9H14OS. The van der Waals surface area contributed by atoms with Gasteiger partial charge in [-0.1, -0.05) is 6.92 Å². The smallest absolute Gasteiger partial charge is 0.0987 e. The molecule has 1 aliphatic carbocycles. The largest absolute Gasteiger partial charge is 0.501 e. The zero-order chi connectivity index (χ0) is 8.27. The molecule has 1 unspecified atom stereocenters. The number of thioether (sulfide) groups is 1. The van der Waals surface area contributed by atoms with Gasteiger partial charge in [-0.3, -0.25) is 0 Å². The zero-order valence-electron chi connectivity index (χ0n) is 7.26. The van der Waals surface area contributed by atoms with Crippen LogP contribution in [0.2, 0.25) is 0 Å². The Kier molecular flexibility index (Phi) is 3.06. The van der Waals surface area contributed by atoms with Gasteiger partial charge in [-0.2, -0.15) is 0 Å². The topological polar surface area (TPSA) is 9.23 Å². The van der Waals surface area contributed by atoms with E-state index >= 15 is 0 Å². The maximum Gasteiger partial charge on any atom is 0.0987 e. The van der Waals surface area contributed by atoms with Crippen molar-refractivity contribution in [2.24, 2.45) is 5.92 Å². The van der Waals surface area contributed by atoms with Crippen LogP contribution in [-0.2, 0) is 4.74 Å². The van der Waals surface area contributed by atoms with Crippen molar-refractivity contribution < 1.29 is 4.74 Å². The molecule has 0 amide bonds. The molecule has 0 fully saturated rings. The Morgan fingerprint density at radius 1 is 1.55 bits per heavy atom. The normalized spacial score (nSPS) is 24.1. The molecule has 0 saturated heterocycles. The second-order valence-corrected chi connectivity index (χ2v) is 3.65. The van der Waals surface area contributed by atoms with Crippen molar-refractivity contribution >= 4 is 11.8 Å². The molecule has 0 saturated carbocycles. The predicted molar refractivity (Wildman–Crippen MR) is 50.5 cm³/mol. The molecule has 0 bridgehead atoms. The van der Waals surface area contributed by atoms with E-state index in [1.807, 2.05) is 11.8 Å². The van der Waals surface area contributed by atoms with Crippen molar-refractivity contribution in [3.05, 3.63) is 22.8 Å². The van der Waals surface area contributed by atoms with E-state index < -0.39 is 0 Å². The van der Waals surface area contributed by atoms with Gasteiger partial charge in [0.05, 0.1) is 12.9 Å². The van der Waals surface area contributed by atoms with Crippen LogP contribution in [0.1, 0.15) is 13.3 Å². The van der Waals surface area contributed by atoms with Gasteiger partial charge < -0.3 is 4.74 Å². The zero-order valence-corrected chi connectivity index (χ0v) is 8.07. The molecule has 1 rings (SSSR count). The minimum absolute atomic E-state index is 0.549. The van der Waals surface area contributed by atoms with Crippen molar-refractivity contribution in [3.8, 4) is 0 Å². The molecule has 0 aromatic heterocycles. The molecule has 1 nitrogen and oxygen atoms in total. The number of ether oxygens (including phenoxy) is 1.